The molecule has 1 aromatic rings. The summed E-state index contributed by atoms with van der Waals surface area (Å²) in [6, 6.07) is 5.98. The van der Waals surface area contributed by atoms with Crippen LogP contribution in [-0.2, 0) is 0 Å². The minimum absolute atomic E-state index is 0.313. The Morgan fingerprint density at radius 2 is 2.14 bits per heavy atom. The fourth-order valence-electron chi connectivity index (χ4n) is 1.54. The Kier molecular flexibility index (Phi) is 4.63. The first-order chi connectivity index (χ1) is 6.66. The van der Waals surface area contributed by atoms with Crippen LogP contribution in [0.5, 0.6) is 0 Å². The summed E-state index contributed by atoms with van der Waals surface area (Å²) < 4.78 is 1.07. The fourth-order valence-corrected chi connectivity index (χ4v) is 1.92. The van der Waals surface area contributed by atoms with Gasteiger partial charge in [-0.2, -0.15) is 0 Å². The lowest BCUT2D eigenvalue weighted by molar-refractivity contribution is 0.163. The molecule has 0 aliphatic heterocycles. The van der Waals surface area contributed by atoms with Crippen LogP contribution in [0.2, 0.25) is 0 Å². The zero-order valence-electron chi connectivity index (χ0n) is 8.76. The molecule has 0 radical (unpaired) electrons. The summed E-state index contributed by atoms with van der Waals surface area (Å²) in [4.78, 5) is 0. The topological polar surface area (TPSA) is 20.2 Å². The number of hydrogen-bond donors (Lipinski definition) is 1. The Balaban J connectivity index is 2.79. The molecule has 1 N–H and O–H groups in total. The van der Waals surface area contributed by atoms with E-state index in [4.69, 9.17) is 0 Å². The summed E-state index contributed by atoms with van der Waals surface area (Å²) in [6.07, 6.45) is 2.75. The minimum atomic E-state index is -0.313. The van der Waals surface area contributed by atoms with Gasteiger partial charge in [0.05, 0.1) is 6.10 Å². The van der Waals surface area contributed by atoms with E-state index >= 15 is 0 Å². The smallest absolute Gasteiger partial charge is 0.0793 e. The van der Waals surface area contributed by atoms with Gasteiger partial charge in [0, 0.05) is 4.47 Å². The van der Waals surface area contributed by atoms with Crippen molar-refractivity contribution in [1.82, 2.24) is 0 Å². The van der Waals surface area contributed by atoms with E-state index in [2.05, 4.69) is 22.9 Å². The number of unbranched alkanes of at least 4 members (excludes halogenated alkanes) is 1. The molecule has 0 amide bonds. The predicted octanol–water partition coefficient (Wildman–Crippen LogP) is 3.98. The largest absolute Gasteiger partial charge is 0.388 e. The Labute approximate surface area is 94.3 Å². The second-order valence-corrected chi connectivity index (χ2v) is 4.47. The molecule has 1 rings (SSSR count). The maximum Gasteiger partial charge on any atom is 0.0793 e. The van der Waals surface area contributed by atoms with Crippen molar-refractivity contribution >= 4 is 15.9 Å². The van der Waals surface area contributed by atoms with E-state index in [-0.39, 0.29) is 6.10 Å². The van der Waals surface area contributed by atoms with Crippen LogP contribution in [0.15, 0.2) is 22.7 Å². The number of aliphatic hydroxyl groups is 1. The lowest BCUT2D eigenvalue weighted by Crippen LogP contribution is -2.00. The van der Waals surface area contributed by atoms with Crippen molar-refractivity contribution in [1.29, 1.82) is 0 Å². The highest BCUT2D eigenvalue weighted by Crippen LogP contribution is 2.27. The van der Waals surface area contributed by atoms with Crippen LogP contribution in [-0.4, -0.2) is 5.11 Å². The van der Waals surface area contributed by atoms with E-state index < -0.39 is 0 Å². The third kappa shape index (κ3) is 2.82. The first-order valence-electron chi connectivity index (χ1n) is 5.10. The normalized spacial score (nSPS) is 12.9. The zero-order chi connectivity index (χ0) is 10.6. The predicted molar refractivity (Wildman–Crippen MR) is 63.4 cm³/mol. The molecule has 0 aliphatic rings. The molecule has 1 aromatic carbocycles. The average molecular weight is 257 g/mol. The summed E-state index contributed by atoms with van der Waals surface area (Å²) in [5, 5.41) is 9.94. The Bertz CT molecular complexity index is 296. The van der Waals surface area contributed by atoms with E-state index in [9.17, 15) is 5.11 Å². The first-order valence-corrected chi connectivity index (χ1v) is 5.89. The lowest BCUT2D eigenvalue weighted by atomic mass is 10.00. The van der Waals surface area contributed by atoms with Crippen molar-refractivity contribution in [2.75, 3.05) is 0 Å². The van der Waals surface area contributed by atoms with Crippen LogP contribution in [0, 0.1) is 6.92 Å². The zero-order valence-corrected chi connectivity index (χ0v) is 10.3. The molecule has 1 nitrogen and oxygen atoms in total. The van der Waals surface area contributed by atoms with Gasteiger partial charge in [-0.3, -0.25) is 0 Å². The fraction of sp³-hybridized carbons (Fsp3) is 0.500. The van der Waals surface area contributed by atoms with Crippen molar-refractivity contribution < 1.29 is 5.11 Å². The second kappa shape index (κ2) is 5.52. The molecule has 0 spiro atoms. The van der Waals surface area contributed by atoms with E-state index in [1.807, 2.05) is 25.1 Å². The molecule has 1 unspecified atom stereocenters. The maximum atomic E-state index is 9.94. The number of aliphatic hydroxyl groups excluding tert-OH is 1. The van der Waals surface area contributed by atoms with Gasteiger partial charge in [-0.25, -0.2) is 0 Å². The van der Waals surface area contributed by atoms with Gasteiger partial charge in [-0.05, 0) is 30.5 Å². The van der Waals surface area contributed by atoms with E-state index in [0.717, 1.165) is 34.9 Å². The van der Waals surface area contributed by atoms with Gasteiger partial charge in [0.15, 0.2) is 0 Å². The van der Waals surface area contributed by atoms with E-state index in [1.165, 1.54) is 0 Å². The molecule has 0 heterocycles. The summed E-state index contributed by atoms with van der Waals surface area (Å²) >= 11 is 3.47. The third-order valence-corrected chi connectivity index (χ3v) is 3.36. The monoisotopic (exact) mass is 256 g/mol. The van der Waals surface area contributed by atoms with Crippen molar-refractivity contribution in [3.63, 3.8) is 0 Å². The quantitative estimate of drug-likeness (QED) is 0.864. The van der Waals surface area contributed by atoms with Gasteiger partial charge >= 0.3 is 0 Å². The van der Waals surface area contributed by atoms with Crippen LogP contribution >= 0.6 is 15.9 Å². The third-order valence-electron chi connectivity index (χ3n) is 2.50. The lowest BCUT2D eigenvalue weighted by Gasteiger charge is -2.14. The van der Waals surface area contributed by atoms with E-state index in [0.29, 0.717) is 0 Å². The number of hydrogen-bond acceptors (Lipinski definition) is 1. The molecule has 0 bridgehead atoms. The van der Waals surface area contributed by atoms with Crippen LogP contribution in [0.1, 0.15) is 43.4 Å². The number of benzene rings is 1. The molecule has 0 saturated carbocycles. The molecule has 1 atom stereocenters. The molecule has 0 aliphatic carbocycles. The highest BCUT2D eigenvalue weighted by Gasteiger charge is 2.10. The van der Waals surface area contributed by atoms with Crippen LogP contribution in [0.25, 0.3) is 0 Å². The van der Waals surface area contributed by atoms with Gasteiger partial charge in [0.1, 0.15) is 0 Å². The van der Waals surface area contributed by atoms with Crippen molar-refractivity contribution in [2.24, 2.45) is 0 Å². The molecule has 0 fully saturated rings. The van der Waals surface area contributed by atoms with Gasteiger partial charge in [-0.1, -0.05) is 47.8 Å². The van der Waals surface area contributed by atoms with E-state index in [1.54, 1.807) is 0 Å². The van der Waals surface area contributed by atoms with Gasteiger partial charge in [-0.15, -0.1) is 0 Å². The Morgan fingerprint density at radius 3 is 2.79 bits per heavy atom. The second-order valence-electron chi connectivity index (χ2n) is 3.61. The number of rotatable bonds is 4. The molecule has 0 aromatic heterocycles. The highest BCUT2D eigenvalue weighted by atomic mass is 79.9. The maximum absolute atomic E-state index is 9.94. The van der Waals surface area contributed by atoms with Crippen LogP contribution in [0.3, 0.4) is 0 Å². The van der Waals surface area contributed by atoms with Crippen molar-refractivity contribution in [2.45, 2.75) is 39.2 Å². The van der Waals surface area contributed by atoms with Gasteiger partial charge < -0.3 is 5.11 Å². The minimum Gasteiger partial charge on any atom is -0.388 e. The standard InChI is InChI=1S/C12H17BrO/c1-3-4-8-12(14)10-6-5-7-11(13)9(10)2/h5-7,12,14H,3-4,8H2,1-2H3. The summed E-state index contributed by atoms with van der Waals surface area (Å²) in [5.41, 5.74) is 2.20. The van der Waals surface area contributed by atoms with Crippen molar-refractivity contribution in [3.8, 4) is 0 Å². The summed E-state index contributed by atoms with van der Waals surface area (Å²) in [6.45, 7) is 4.18. The van der Waals surface area contributed by atoms with Crippen molar-refractivity contribution in [3.05, 3.63) is 33.8 Å². The van der Waals surface area contributed by atoms with Gasteiger partial charge in [0.2, 0.25) is 0 Å². The molecular weight excluding hydrogens is 240 g/mol. The van der Waals surface area contributed by atoms with Crippen LogP contribution < -0.4 is 0 Å². The van der Waals surface area contributed by atoms with Crippen LogP contribution in [0.4, 0.5) is 0 Å². The SMILES string of the molecule is CCCCC(O)c1cccc(Br)c1C. The summed E-state index contributed by atoms with van der Waals surface area (Å²) in [7, 11) is 0. The molecular formula is C12H17BrO. The Morgan fingerprint density at radius 1 is 1.43 bits per heavy atom. The number of halogens is 1. The molecule has 0 saturated heterocycles. The highest BCUT2D eigenvalue weighted by molar-refractivity contribution is 9.10. The molecule has 78 valence electrons. The molecule has 2 heteroatoms. The average Bonchev–Trinajstić information content (AvgIpc) is 2.18. The molecule has 14 heavy (non-hydrogen) atoms. The summed E-state index contributed by atoms with van der Waals surface area (Å²) in [5.74, 6) is 0. The first kappa shape index (κ1) is 11.7. The van der Waals surface area contributed by atoms with Gasteiger partial charge in [0.25, 0.3) is 0 Å². The Hall–Kier alpha value is -0.340.